The molecule has 0 saturated heterocycles. The van der Waals surface area contributed by atoms with E-state index in [1.165, 1.54) is 35.6 Å². The van der Waals surface area contributed by atoms with Crippen LogP contribution in [0.2, 0.25) is 0 Å². The molecule has 3 atom stereocenters. The van der Waals surface area contributed by atoms with Crippen molar-refractivity contribution in [1.29, 1.82) is 0 Å². The minimum atomic E-state index is -0.462. The highest BCUT2D eigenvalue weighted by atomic mass is 19.1. The van der Waals surface area contributed by atoms with Gasteiger partial charge in [0.15, 0.2) is 0 Å². The number of carbonyl (C=O) groups excluding carboxylic acids is 1. The highest BCUT2D eigenvalue weighted by molar-refractivity contribution is 5.91. The van der Waals surface area contributed by atoms with Gasteiger partial charge in [-0.2, -0.15) is 0 Å². The van der Waals surface area contributed by atoms with Gasteiger partial charge in [-0.15, -0.1) is 0 Å². The van der Waals surface area contributed by atoms with E-state index in [0.717, 1.165) is 11.3 Å². The summed E-state index contributed by atoms with van der Waals surface area (Å²) in [6, 6.07) is 25.5. The largest absolute Gasteiger partial charge is 0.489 e. The van der Waals surface area contributed by atoms with Crippen molar-refractivity contribution in [2.75, 3.05) is 13.7 Å². The van der Waals surface area contributed by atoms with E-state index in [4.69, 9.17) is 9.47 Å². The molecule has 36 heavy (non-hydrogen) atoms. The van der Waals surface area contributed by atoms with Crippen LogP contribution in [0.1, 0.15) is 57.9 Å². The number of ether oxygens (including phenoxy) is 2. The number of carbonyl (C=O) groups is 1. The van der Waals surface area contributed by atoms with Gasteiger partial charge < -0.3 is 14.8 Å². The Labute approximate surface area is 211 Å². The maximum atomic E-state index is 15.3. The molecule has 184 valence electrons. The van der Waals surface area contributed by atoms with Gasteiger partial charge in [0, 0.05) is 24.1 Å². The molecule has 1 heterocycles. The number of rotatable bonds is 6. The van der Waals surface area contributed by atoms with Crippen molar-refractivity contribution in [3.05, 3.63) is 112 Å². The zero-order valence-corrected chi connectivity index (χ0v) is 20.8. The van der Waals surface area contributed by atoms with Gasteiger partial charge in [0.2, 0.25) is 0 Å². The zero-order valence-electron chi connectivity index (χ0n) is 20.8. The first-order chi connectivity index (χ1) is 17.5. The van der Waals surface area contributed by atoms with Crippen LogP contribution in [-0.4, -0.2) is 25.7 Å². The molecule has 0 spiro atoms. The van der Waals surface area contributed by atoms with E-state index in [1.54, 1.807) is 6.92 Å². The Kier molecular flexibility index (Phi) is 6.75. The van der Waals surface area contributed by atoms with Crippen molar-refractivity contribution in [1.82, 2.24) is 5.32 Å². The van der Waals surface area contributed by atoms with Crippen molar-refractivity contribution in [2.45, 2.75) is 38.3 Å². The van der Waals surface area contributed by atoms with Gasteiger partial charge in [-0.1, -0.05) is 60.7 Å². The summed E-state index contributed by atoms with van der Waals surface area (Å²) in [6.07, 6.45) is 0.428. The topological polar surface area (TPSA) is 47.6 Å². The Morgan fingerprint density at radius 1 is 1.06 bits per heavy atom. The lowest BCUT2D eigenvalue weighted by Gasteiger charge is -2.34. The van der Waals surface area contributed by atoms with Gasteiger partial charge in [0.25, 0.3) is 0 Å². The number of nitrogens with one attached hydrogen (secondary N) is 1. The summed E-state index contributed by atoms with van der Waals surface area (Å²) in [6.45, 7) is 4.55. The lowest BCUT2D eigenvalue weighted by Crippen LogP contribution is -2.37. The normalized spacial score (nSPS) is 17.8. The third-order valence-corrected chi connectivity index (χ3v) is 7.24. The average Bonchev–Trinajstić information content (AvgIpc) is 2.91. The van der Waals surface area contributed by atoms with E-state index in [2.05, 4.69) is 48.6 Å². The molecule has 0 aliphatic carbocycles. The quantitative estimate of drug-likeness (QED) is 0.310. The van der Waals surface area contributed by atoms with Crippen molar-refractivity contribution in [3.63, 3.8) is 0 Å². The fourth-order valence-corrected chi connectivity index (χ4v) is 5.39. The summed E-state index contributed by atoms with van der Waals surface area (Å²) in [7, 11) is 1.34. The van der Waals surface area contributed by atoms with Crippen molar-refractivity contribution in [3.8, 4) is 5.75 Å². The van der Waals surface area contributed by atoms with E-state index in [1.807, 2.05) is 30.3 Å². The molecule has 4 aromatic carbocycles. The Hall–Kier alpha value is -3.70. The number of halogens is 1. The maximum absolute atomic E-state index is 15.3. The molecule has 0 fully saturated rings. The smallest absolute Gasteiger partial charge is 0.338 e. The second-order valence-corrected chi connectivity index (χ2v) is 9.39. The second-order valence-electron chi connectivity index (χ2n) is 9.39. The zero-order chi connectivity index (χ0) is 25.2. The molecule has 1 N–H and O–H groups in total. The van der Waals surface area contributed by atoms with E-state index in [-0.39, 0.29) is 23.9 Å². The average molecular weight is 484 g/mol. The summed E-state index contributed by atoms with van der Waals surface area (Å²) in [4.78, 5) is 12.3. The summed E-state index contributed by atoms with van der Waals surface area (Å²) in [5.74, 6) is -0.270. The molecule has 5 heteroatoms. The van der Waals surface area contributed by atoms with Crippen molar-refractivity contribution < 1.29 is 18.7 Å². The van der Waals surface area contributed by atoms with Crippen LogP contribution in [-0.2, 0) is 4.74 Å². The van der Waals surface area contributed by atoms with E-state index >= 15 is 4.39 Å². The predicted octanol–water partition coefficient (Wildman–Crippen LogP) is 6.71. The first kappa shape index (κ1) is 24.0. The van der Waals surface area contributed by atoms with E-state index in [9.17, 15) is 4.79 Å². The number of hydrogen-bond acceptors (Lipinski definition) is 4. The predicted molar refractivity (Wildman–Crippen MR) is 140 cm³/mol. The van der Waals surface area contributed by atoms with E-state index < -0.39 is 5.97 Å². The number of esters is 1. The molecule has 1 aliphatic rings. The highest BCUT2D eigenvalue weighted by Crippen LogP contribution is 2.43. The van der Waals surface area contributed by atoms with Crippen LogP contribution in [0.25, 0.3) is 10.8 Å². The molecule has 0 saturated carbocycles. The number of para-hydroxylation sites is 1. The second kappa shape index (κ2) is 10.1. The summed E-state index contributed by atoms with van der Waals surface area (Å²) < 4.78 is 26.6. The Balaban J connectivity index is 1.43. The van der Waals surface area contributed by atoms with Crippen LogP contribution in [0.5, 0.6) is 5.75 Å². The van der Waals surface area contributed by atoms with Gasteiger partial charge in [-0.05, 0) is 65.9 Å². The Morgan fingerprint density at radius 2 is 1.81 bits per heavy atom. The molecule has 0 bridgehead atoms. The molecular formula is C31H30FNO3. The van der Waals surface area contributed by atoms with Crippen molar-refractivity contribution in [2.24, 2.45) is 0 Å². The minimum absolute atomic E-state index is 0.108. The summed E-state index contributed by atoms with van der Waals surface area (Å²) in [5, 5.41) is 6.08. The SMILES string of the molecule is COC(=O)c1ccc(F)c(C2CC(CNC(C)c3cccc4ccccc34)Oc3ccccc32)c1C. The molecule has 3 unspecified atom stereocenters. The number of fused-ring (bicyclic) bond motifs is 2. The minimum Gasteiger partial charge on any atom is -0.489 e. The Morgan fingerprint density at radius 3 is 2.64 bits per heavy atom. The molecule has 1 aliphatic heterocycles. The fraction of sp³-hybridized carbons (Fsp3) is 0.258. The summed E-state index contributed by atoms with van der Waals surface area (Å²) >= 11 is 0. The van der Waals surface area contributed by atoms with Crippen LogP contribution in [0.15, 0.2) is 78.9 Å². The van der Waals surface area contributed by atoms with E-state index in [0.29, 0.717) is 29.7 Å². The van der Waals surface area contributed by atoms with Gasteiger partial charge in [0.05, 0.1) is 12.7 Å². The third kappa shape index (κ3) is 4.47. The molecule has 5 rings (SSSR count). The first-order valence-electron chi connectivity index (χ1n) is 12.3. The maximum Gasteiger partial charge on any atom is 0.338 e. The molecule has 4 nitrogen and oxygen atoms in total. The lowest BCUT2D eigenvalue weighted by atomic mass is 9.81. The monoisotopic (exact) mass is 483 g/mol. The molecule has 0 amide bonds. The highest BCUT2D eigenvalue weighted by Gasteiger charge is 2.33. The molecular weight excluding hydrogens is 453 g/mol. The number of benzene rings is 4. The van der Waals surface area contributed by atoms with Crippen LogP contribution >= 0.6 is 0 Å². The lowest BCUT2D eigenvalue weighted by molar-refractivity contribution is 0.0599. The molecule has 0 aromatic heterocycles. The van der Waals surface area contributed by atoms with Crippen LogP contribution < -0.4 is 10.1 Å². The molecule has 0 radical (unpaired) electrons. The van der Waals surface area contributed by atoms with Gasteiger partial charge in [-0.3, -0.25) is 0 Å². The molecule has 4 aromatic rings. The van der Waals surface area contributed by atoms with Crippen LogP contribution in [0.3, 0.4) is 0 Å². The third-order valence-electron chi connectivity index (χ3n) is 7.24. The van der Waals surface area contributed by atoms with Gasteiger partial charge in [0.1, 0.15) is 17.7 Å². The number of hydrogen-bond donors (Lipinski definition) is 1. The van der Waals surface area contributed by atoms with Crippen molar-refractivity contribution >= 4 is 16.7 Å². The Bertz CT molecular complexity index is 1410. The van der Waals surface area contributed by atoms with Gasteiger partial charge in [-0.25, -0.2) is 9.18 Å². The standard InChI is InChI=1S/C31H30FNO3/c1-19-23(31(34)35-3)15-16-28(32)30(19)27-17-22(36-29-14-7-6-12-26(27)29)18-33-20(2)24-13-8-10-21-9-4-5-11-25(21)24/h4-16,20,22,27,33H,17-18H2,1-3H3. The first-order valence-corrected chi connectivity index (χ1v) is 12.3. The number of methoxy groups -OCH3 is 1. The van der Waals surface area contributed by atoms with Gasteiger partial charge >= 0.3 is 5.97 Å². The fourth-order valence-electron chi connectivity index (χ4n) is 5.39. The van der Waals surface area contributed by atoms with Crippen LogP contribution in [0.4, 0.5) is 4.39 Å². The van der Waals surface area contributed by atoms with Crippen LogP contribution in [0, 0.1) is 12.7 Å². The summed E-state index contributed by atoms with van der Waals surface area (Å²) in [5.41, 5.74) is 3.69.